The molecule has 1 aliphatic heterocycles. The van der Waals surface area contributed by atoms with E-state index in [-0.39, 0.29) is 24.1 Å². The minimum absolute atomic E-state index is 0.232. The van der Waals surface area contributed by atoms with E-state index in [1.807, 2.05) is 0 Å². The van der Waals surface area contributed by atoms with Crippen LogP contribution in [0.5, 0.6) is 5.75 Å². The van der Waals surface area contributed by atoms with E-state index in [1.165, 1.54) is 19.1 Å². The summed E-state index contributed by atoms with van der Waals surface area (Å²) >= 11 is 0. The smallest absolute Gasteiger partial charge is 0.289 e. The molecule has 1 fully saturated rings. The first kappa shape index (κ1) is 23.4. The number of likely N-dealkylation sites (tertiary alicyclic amines) is 1. The van der Waals surface area contributed by atoms with Gasteiger partial charge in [-0.1, -0.05) is 26.2 Å². The summed E-state index contributed by atoms with van der Waals surface area (Å²) in [5.74, 6) is -0.386. The number of furan rings is 1. The molecular weight excluding hydrogens is 410 g/mol. The molecule has 0 spiro atoms. The van der Waals surface area contributed by atoms with Gasteiger partial charge in [0.15, 0.2) is 5.76 Å². The van der Waals surface area contributed by atoms with Crippen LogP contribution in [0.4, 0.5) is 0 Å². The molecule has 0 saturated carbocycles. The first-order valence-corrected chi connectivity index (χ1v) is 11.2. The summed E-state index contributed by atoms with van der Waals surface area (Å²) < 4.78 is 10.8. The molecule has 3 amide bonds. The number of benzene rings is 1. The Morgan fingerprint density at radius 3 is 2.62 bits per heavy atom. The Kier molecular flexibility index (Phi) is 8.71. The number of hydrogen-bond donors (Lipinski definition) is 2. The van der Waals surface area contributed by atoms with Crippen molar-refractivity contribution in [3.05, 3.63) is 54.0 Å². The molecule has 1 atom stereocenters. The second-order valence-electron chi connectivity index (χ2n) is 7.94. The van der Waals surface area contributed by atoms with Gasteiger partial charge < -0.3 is 14.1 Å². The Balaban J connectivity index is 1.43. The average molecular weight is 442 g/mol. The summed E-state index contributed by atoms with van der Waals surface area (Å²) in [6.07, 6.45) is 7.34. The van der Waals surface area contributed by atoms with Crippen molar-refractivity contribution in [3.8, 4) is 5.75 Å². The molecule has 0 radical (unpaired) electrons. The molecule has 0 unspecified atom stereocenters. The molecule has 1 saturated heterocycles. The number of amides is 3. The molecule has 2 N–H and O–H groups in total. The zero-order valence-corrected chi connectivity index (χ0v) is 18.5. The number of nitrogens with one attached hydrogen (secondary N) is 2. The van der Waals surface area contributed by atoms with Gasteiger partial charge in [0.1, 0.15) is 5.75 Å². The Morgan fingerprint density at radius 1 is 1.09 bits per heavy atom. The number of piperidine rings is 1. The van der Waals surface area contributed by atoms with Gasteiger partial charge in [-0.3, -0.25) is 25.2 Å². The molecule has 2 heterocycles. The number of carbonyl (C=O) groups excluding carboxylic acids is 3. The summed E-state index contributed by atoms with van der Waals surface area (Å²) in [5, 5.41) is 0. The molecule has 2 aromatic rings. The van der Waals surface area contributed by atoms with Crippen LogP contribution in [0.3, 0.4) is 0 Å². The normalized spacial score (nSPS) is 15.8. The summed E-state index contributed by atoms with van der Waals surface area (Å²) in [6, 6.07) is 10.1. The summed E-state index contributed by atoms with van der Waals surface area (Å²) in [6.45, 7) is 3.68. The van der Waals surface area contributed by atoms with E-state index in [2.05, 4.69) is 17.8 Å². The Labute approximate surface area is 188 Å². The van der Waals surface area contributed by atoms with Crippen LogP contribution in [0.1, 0.15) is 66.4 Å². The minimum atomic E-state index is -0.410. The van der Waals surface area contributed by atoms with Crippen molar-refractivity contribution in [2.75, 3.05) is 19.7 Å². The predicted octanol–water partition coefficient (Wildman–Crippen LogP) is 3.55. The first-order chi connectivity index (χ1) is 15.6. The lowest BCUT2D eigenvalue weighted by Crippen LogP contribution is -2.50. The van der Waals surface area contributed by atoms with Gasteiger partial charge in [-0.05, 0) is 55.7 Å². The SMILES string of the molecule is CCCCCCOc1ccc(C(=O)NNC(=O)[C@H]2CCCN(C(=O)c3ccco3)C2)cc1. The lowest BCUT2D eigenvalue weighted by molar-refractivity contribution is -0.127. The van der Waals surface area contributed by atoms with Crippen molar-refractivity contribution in [1.29, 1.82) is 0 Å². The molecule has 8 heteroatoms. The van der Waals surface area contributed by atoms with Crippen molar-refractivity contribution >= 4 is 17.7 Å². The van der Waals surface area contributed by atoms with E-state index in [9.17, 15) is 14.4 Å². The first-order valence-electron chi connectivity index (χ1n) is 11.2. The second-order valence-corrected chi connectivity index (χ2v) is 7.94. The molecule has 1 aliphatic rings. The maximum atomic E-state index is 12.5. The average Bonchev–Trinajstić information content (AvgIpc) is 3.37. The number of nitrogens with zero attached hydrogens (tertiary/aromatic N) is 1. The summed E-state index contributed by atoms with van der Waals surface area (Å²) in [7, 11) is 0. The van der Waals surface area contributed by atoms with E-state index < -0.39 is 11.8 Å². The Morgan fingerprint density at radius 2 is 1.91 bits per heavy atom. The van der Waals surface area contributed by atoms with Gasteiger partial charge in [0, 0.05) is 18.7 Å². The fraction of sp³-hybridized carbons (Fsp3) is 0.458. The second kappa shape index (κ2) is 11.9. The van der Waals surface area contributed by atoms with Gasteiger partial charge in [-0.2, -0.15) is 0 Å². The third kappa shape index (κ3) is 6.60. The fourth-order valence-electron chi connectivity index (χ4n) is 3.65. The largest absolute Gasteiger partial charge is 0.494 e. The van der Waals surface area contributed by atoms with Gasteiger partial charge in [-0.25, -0.2) is 0 Å². The van der Waals surface area contributed by atoms with Crippen LogP contribution in [0.25, 0.3) is 0 Å². The highest BCUT2D eigenvalue weighted by atomic mass is 16.5. The Bertz CT molecular complexity index is 880. The number of unbranched alkanes of at least 4 members (excludes halogenated alkanes) is 3. The molecular formula is C24H31N3O5. The van der Waals surface area contributed by atoms with Gasteiger partial charge in [0.2, 0.25) is 5.91 Å². The van der Waals surface area contributed by atoms with Gasteiger partial charge in [0.25, 0.3) is 11.8 Å². The van der Waals surface area contributed by atoms with Crippen LogP contribution >= 0.6 is 0 Å². The molecule has 0 aliphatic carbocycles. The van der Waals surface area contributed by atoms with E-state index in [0.29, 0.717) is 37.3 Å². The lowest BCUT2D eigenvalue weighted by Gasteiger charge is -2.31. The highest BCUT2D eigenvalue weighted by Gasteiger charge is 2.30. The molecule has 3 rings (SSSR count). The molecule has 32 heavy (non-hydrogen) atoms. The van der Waals surface area contributed by atoms with E-state index in [0.717, 1.165) is 12.8 Å². The number of hydrogen-bond acceptors (Lipinski definition) is 5. The highest BCUT2D eigenvalue weighted by Crippen LogP contribution is 2.19. The minimum Gasteiger partial charge on any atom is -0.494 e. The molecule has 0 bridgehead atoms. The number of ether oxygens (including phenoxy) is 1. The maximum absolute atomic E-state index is 12.5. The van der Waals surface area contributed by atoms with Crippen LogP contribution in [0.2, 0.25) is 0 Å². The van der Waals surface area contributed by atoms with Crippen molar-refractivity contribution in [1.82, 2.24) is 15.8 Å². The standard InChI is InChI=1S/C24H31N3O5/c1-2-3-4-5-15-31-20-12-10-18(11-13-20)22(28)25-26-23(29)19-8-6-14-27(17-19)24(30)21-9-7-16-32-21/h7,9-13,16,19H,2-6,8,14-15,17H2,1H3,(H,25,28)(H,26,29)/t19-/m0/s1. The third-order valence-corrected chi connectivity index (χ3v) is 5.49. The summed E-state index contributed by atoms with van der Waals surface area (Å²) in [4.78, 5) is 38.9. The third-order valence-electron chi connectivity index (χ3n) is 5.49. The zero-order chi connectivity index (χ0) is 22.8. The van der Waals surface area contributed by atoms with Gasteiger partial charge >= 0.3 is 0 Å². The molecule has 172 valence electrons. The topological polar surface area (TPSA) is 101 Å². The zero-order valence-electron chi connectivity index (χ0n) is 18.5. The van der Waals surface area contributed by atoms with Crippen LogP contribution < -0.4 is 15.6 Å². The van der Waals surface area contributed by atoms with Crippen LogP contribution in [-0.2, 0) is 4.79 Å². The van der Waals surface area contributed by atoms with Crippen molar-refractivity contribution in [2.45, 2.75) is 45.4 Å². The monoisotopic (exact) mass is 441 g/mol. The Hall–Kier alpha value is -3.29. The van der Waals surface area contributed by atoms with Crippen LogP contribution in [-0.4, -0.2) is 42.3 Å². The van der Waals surface area contributed by atoms with Gasteiger partial charge in [-0.15, -0.1) is 0 Å². The number of rotatable bonds is 9. The highest BCUT2D eigenvalue weighted by molar-refractivity contribution is 5.96. The number of carbonyl (C=O) groups is 3. The van der Waals surface area contributed by atoms with Gasteiger partial charge in [0.05, 0.1) is 18.8 Å². The fourth-order valence-corrected chi connectivity index (χ4v) is 3.65. The quantitative estimate of drug-likeness (QED) is 0.458. The lowest BCUT2D eigenvalue weighted by atomic mass is 9.97. The van der Waals surface area contributed by atoms with Crippen LogP contribution in [0.15, 0.2) is 47.1 Å². The van der Waals surface area contributed by atoms with Crippen molar-refractivity contribution in [3.63, 3.8) is 0 Å². The predicted molar refractivity (Wildman–Crippen MR) is 119 cm³/mol. The number of hydrazine groups is 1. The molecule has 1 aromatic carbocycles. The van der Waals surface area contributed by atoms with E-state index >= 15 is 0 Å². The van der Waals surface area contributed by atoms with Crippen molar-refractivity contribution < 1.29 is 23.5 Å². The van der Waals surface area contributed by atoms with E-state index in [4.69, 9.17) is 9.15 Å². The molecule has 8 nitrogen and oxygen atoms in total. The van der Waals surface area contributed by atoms with E-state index in [1.54, 1.807) is 41.3 Å². The summed E-state index contributed by atoms with van der Waals surface area (Å²) in [5.41, 5.74) is 5.35. The van der Waals surface area contributed by atoms with Crippen LogP contribution in [0, 0.1) is 5.92 Å². The van der Waals surface area contributed by atoms with Crippen molar-refractivity contribution in [2.24, 2.45) is 5.92 Å². The molecule has 1 aromatic heterocycles. The maximum Gasteiger partial charge on any atom is 0.289 e.